The molecule has 3 saturated heterocycles. The summed E-state index contributed by atoms with van der Waals surface area (Å²) in [7, 11) is 0. The molecule has 65 heavy (non-hydrogen) atoms. The average molecular weight is 931 g/mol. The Balaban J connectivity index is 1.06. The predicted molar refractivity (Wildman–Crippen MR) is 227 cm³/mol. The van der Waals surface area contributed by atoms with Gasteiger partial charge in [0, 0.05) is 10.8 Å². The highest BCUT2D eigenvalue weighted by molar-refractivity contribution is 5.35. The van der Waals surface area contributed by atoms with Crippen molar-refractivity contribution in [3.05, 3.63) is 11.6 Å². The van der Waals surface area contributed by atoms with Crippen molar-refractivity contribution in [1.82, 2.24) is 0 Å². The molecular weight excluding hydrogens is 852 g/mol. The zero-order valence-corrected chi connectivity index (χ0v) is 38.8. The summed E-state index contributed by atoms with van der Waals surface area (Å²) in [6.07, 6.45) is -14.7. The largest absolute Gasteiger partial charge is 0.396 e. The van der Waals surface area contributed by atoms with Crippen LogP contribution in [0.15, 0.2) is 11.6 Å². The van der Waals surface area contributed by atoms with Crippen LogP contribution in [0.25, 0.3) is 0 Å². The third-order valence-corrected chi connectivity index (χ3v) is 19.3. The highest BCUT2D eigenvalue weighted by atomic mass is 16.8. The summed E-state index contributed by atoms with van der Waals surface area (Å²) in [6, 6.07) is 0. The molecule has 4 saturated carbocycles. The summed E-state index contributed by atoms with van der Waals surface area (Å²) in [5.74, 6) is 0.219. The number of allylic oxidation sites excluding steroid dienone is 2. The predicted octanol–water partition coefficient (Wildman–Crippen LogP) is -0.804. The Bertz CT molecular complexity index is 1720. The molecule has 0 radical (unpaired) electrons. The van der Waals surface area contributed by atoms with E-state index in [0.717, 1.165) is 38.5 Å². The molecule has 0 spiro atoms. The van der Waals surface area contributed by atoms with Crippen LogP contribution in [0, 0.1) is 50.2 Å². The van der Waals surface area contributed by atoms with E-state index in [-0.39, 0.29) is 59.2 Å². The molecule has 0 aromatic carbocycles. The molecule has 7 fully saturated rings. The maximum absolute atomic E-state index is 12.1. The van der Waals surface area contributed by atoms with Crippen LogP contribution >= 0.6 is 0 Å². The minimum Gasteiger partial charge on any atom is -0.396 e. The quantitative estimate of drug-likeness (QED) is 0.0943. The number of rotatable bonds is 10. The van der Waals surface area contributed by atoms with Gasteiger partial charge < -0.3 is 89.7 Å². The summed E-state index contributed by atoms with van der Waals surface area (Å²) in [4.78, 5) is 0. The number of aliphatic hydroxyl groups is 12. The standard InChI is InChI=1S/C47H78O18/c1-42(2)13-14-47(21-51)23(15-42)22-7-8-28-43(3)11-10-30(44(4,20-50)27(43)9-12-45(28,5)46(22,6)16-29(47)52)64-41-38(65-40-37(59)35(57)32(54)25(18-49)62-40)33(55)26(19-60-41)63-39-36(58)34(56)31(53)24(17-48)61-39/h7,23-41,48-59H,8-21H2,1-6H3. The molecule has 0 amide bonds. The van der Waals surface area contributed by atoms with Crippen LogP contribution in [0.1, 0.15) is 99.3 Å². The molecule has 8 rings (SSSR count). The molecule has 3 heterocycles. The minimum absolute atomic E-state index is 0.0411. The summed E-state index contributed by atoms with van der Waals surface area (Å²) in [5, 5.41) is 130. The van der Waals surface area contributed by atoms with Crippen LogP contribution in [0.2, 0.25) is 0 Å². The molecule has 5 aliphatic carbocycles. The van der Waals surface area contributed by atoms with Gasteiger partial charge in [-0.3, -0.25) is 0 Å². The van der Waals surface area contributed by atoms with E-state index in [1.807, 2.05) is 6.92 Å². The van der Waals surface area contributed by atoms with E-state index >= 15 is 0 Å². The lowest BCUT2D eigenvalue weighted by Gasteiger charge is -2.72. The maximum Gasteiger partial charge on any atom is 0.187 e. The molecule has 18 heteroatoms. The van der Waals surface area contributed by atoms with Crippen LogP contribution in [-0.2, 0) is 28.4 Å². The van der Waals surface area contributed by atoms with Crippen LogP contribution in [0.4, 0.5) is 0 Å². The van der Waals surface area contributed by atoms with Crippen molar-refractivity contribution >= 4 is 0 Å². The van der Waals surface area contributed by atoms with Crippen LogP contribution in [-0.4, -0.2) is 193 Å². The zero-order chi connectivity index (χ0) is 47.4. The Morgan fingerprint density at radius 2 is 1.23 bits per heavy atom. The Labute approximate surface area is 381 Å². The second-order valence-electron chi connectivity index (χ2n) is 23.0. The van der Waals surface area contributed by atoms with Crippen molar-refractivity contribution in [3.63, 3.8) is 0 Å². The van der Waals surface area contributed by atoms with Gasteiger partial charge >= 0.3 is 0 Å². The lowest BCUT2D eigenvalue weighted by molar-refractivity contribution is -0.383. The van der Waals surface area contributed by atoms with E-state index in [0.29, 0.717) is 19.3 Å². The van der Waals surface area contributed by atoms with Gasteiger partial charge in [0.2, 0.25) is 0 Å². The van der Waals surface area contributed by atoms with Gasteiger partial charge in [-0.1, -0.05) is 53.2 Å². The molecule has 8 aliphatic rings. The Morgan fingerprint density at radius 3 is 1.82 bits per heavy atom. The number of hydrogen-bond acceptors (Lipinski definition) is 18. The summed E-state index contributed by atoms with van der Waals surface area (Å²) in [5.41, 5.74) is -0.732. The number of hydrogen-bond donors (Lipinski definition) is 12. The van der Waals surface area contributed by atoms with E-state index in [2.05, 4.69) is 40.7 Å². The minimum atomic E-state index is -1.86. The molecule has 0 aromatic rings. The first-order valence-corrected chi connectivity index (χ1v) is 24.0. The summed E-state index contributed by atoms with van der Waals surface area (Å²) < 4.78 is 36.3. The van der Waals surface area contributed by atoms with Crippen LogP contribution in [0.3, 0.4) is 0 Å². The van der Waals surface area contributed by atoms with Crippen molar-refractivity contribution in [2.45, 2.75) is 198 Å². The SMILES string of the molecule is CC1(C)CCC2(CO)C(O)CC3(C)C(=CCC4C5(C)CCC(OC6OCC(OC7OC(CO)C(O)C(O)C7O)C(O)C6OC6OC(CO)C(O)C(O)C6O)C(C)(CO)C5CCC43C)C2C1. The van der Waals surface area contributed by atoms with E-state index in [1.54, 1.807) is 0 Å². The Morgan fingerprint density at radius 1 is 0.615 bits per heavy atom. The molecule has 374 valence electrons. The number of aliphatic hydroxyl groups excluding tert-OH is 12. The van der Waals surface area contributed by atoms with Gasteiger partial charge in [0.1, 0.15) is 67.1 Å². The van der Waals surface area contributed by atoms with Crippen molar-refractivity contribution in [3.8, 4) is 0 Å². The highest BCUT2D eigenvalue weighted by Crippen LogP contribution is 2.76. The second-order valence-corrected chi connectivity index (χ2v) is 23.0. The van der Waals surface area contributed by atoms with Crippen LogP contribution < -0.4 is 0 Å². The fourth-order valence-corrected chi connectivity index (χ4v) is 14.9. The van der Waals surface area contributed by atoms with Gasteiger partial charge in [0.25, 0.3) is 0 Å². The van der Waals surface area contributed by atoms with Gasteiger partial charge in [-0.05, 0) is 97.2 Å². The van der Waals surface area contributed by atoms with Gasteiger partial charge in [-0.2, -0.15) is 0 Å². The second kappa shape index (κ2) is 18.0. The Hall–Kier alpha value is -0.980. The smallest absolute Gasteiger partial charge is 0.187 e. The number of fused-ring (bicyclic) bond motifs is 7. The average Bonchev–Trinajstić information content (AvgIpc) is 3.26. The molecule has 3 aliphatic heterocycles. The van der Waals surface area contributed by atoms with Gasteiger partial charge in [-0.15, -0.1) is 0 Å². The lowest BCUT2D eigenvalue weighted by Crippen LogP contribution is -2.68. The third-order valence-electron chi connectivity index (χ3n) is 19.3. The van der Waals surface area contributed by atoms with E-state index in [4.69, 9.17) is 28.4 Å². The molecular formula is C47H78O18. The summed E-state index contributed by atoms with van der Waals surface area (Å²) >= 11 is 0. The van der Waals surface area contributed by atoms with E-state index in [1.165, 1.54) is 5.57 Å². The molecule has 24 atom stereocenters. The van der Waals surface area contributed by atoms with Crippen molar-refractivity contribution in [1.29, 1.82) is 0 Å². The maximum atomic E-state index is 12.1. The molecule has 18 nitrogen and oxygen atoms in total. The van der Waals surface area contributed by atoms with E-state index < -0.39 is 122 Å². The number of ether oxygens (including phenoxy) is 6. The van der Waals surface area contributed by atoms with Crippen molar-refractivity contribution in [2.24, 2.45) is 50.2 Å². The van der Waals surface area contributed by atoms with Gasteiger partial charge in [0.05, 0.1) is 45.2 Å². The summed E-state index contributed by atoms with van der Waals surface area (Å²) in [6.45, 7) is 11.5. The van der Waals surface area contributed by atoms with E-state index in [9.17, 15) is 61.3 Å². The molecule has 24 unspecified atom stereocenters. The first kappa shape index (κ1) is 50.4. The topological polar surface area (TPSA) is 298 Å². The first-order valence-electron chi connectivity index (χ1n) is 24.0. The first-order chi connectivity index (χ1) is 30.5. The van der Waals surface area contributed by atoms with Gasteiger partial charge in [-0.25, -0.2) is 0 Å². The van der Waals surface area contributed by atoms with Crippen LogP contribution in [0.5, 0.6) is 0 Å². The lowest BCUT2D eigenvalue weighted by atomic mass is 9.33. The van der Waals surface area contributed by atoms with Crippen molar-refractivity contribution < 1.29 is 89.7 Å². The monoisotopic (exact) mass is 931 g/mol. The highest BCUT2D eigenvalue weighted by Gasteiger charge is 2.71. The van der Waals surface area contributed by atoms with Gasteiger partial charge in [0.15, 0.2) is 18.9 Å². The zero-order valence-electron chi connectivity index (χ0n) is 38.8. The molecule has 12 N–H and O–H groups in total. The molecule has 0 bridgehead atoms. The fraction of sp³-hybridized carbons (Fsp3) is 0.957. The fourth-order valence-electron chi connectivity index (χ4n) is 14.9. The van der Waals surface area contributed by atoms with Crippen molar-refractivity contribution in [2.75, 3.05) is 33.0 Å². The Kier molecular flexibility index (Phi) is 14.0. The normalized spacial score (nSPS) is 55.5. The third kappa shape index (κ3) is 7.84. The molecule has 0 aromatic heterocycles.